The minimum Gasteiger partial charge on any atom is -0.289 e. The third-order valence-corrected chi connectivity index (χ3v) is 2.86. The second-order valence-electron chi connectivity index (χ2n) is 3.87. The fourth-order valence-electron chi connectivity index (χ4n) is 1.63. The summed E-state index contributed by atoms with van der Waals surface area (Å²) in [5.41, 5.74) is 2.12. The van der Waals surface area contributed by atoms with Gasteiger partial charge in [0.2, 0.25) is 0 Å². The van der Waals surface area contributed by atoms with Gasteiger partial charge in [-0.15, -0.1) is 0 Å². The maximum absolute atomic E-state index is 12.1. The van der Waals surface area contributed by atoms with E-state index in [1.807, 2.05) is 0 Å². The van der Waals surface area contributed by atoms with Gasteiger partial charge in [0.25, 0.3) is 0 Å². The smallest absolute Gasteiger partial charge is 0.193 e. The Morgan fingerprint density at radius 1 is 1.00 bits per heavy atom. The first-order valence-electron chi connectivity index (χ1n) is 5.47. The summed E-state index contributed by atoms with van der Waals surface area (Å²) in [6.07, 6.45) is 0.357. The van der Waals surface area contributed by atoms with Crippen molar-refractivity contribution in [3.8, 4) is 6.07 Å². The lowest BCUT2D eigenvalue weighted by molar-refractivity contribution is 0.103. The van der Waals surface area contributed by atoms with Crippen LogP contribution >= 0.6 is 11.6 Å². The van der Waals surface area contributed by atoms with Gasteiger partial charge < -0.3 is 0 Å². The van der Waals surface area contributed by atoms with Crippen LogP contribution < -0.4 is 0 Å². The number of halogens is 1. The van der Waals surface area contributed by atoms with Crippen molar-refractivity contribution >= 4 is 17.4 Å². The molecular formula is C15H10ClNO. The van der Waals surface area contributed by atoms with Gasteiger partial charge in [0, 0.05) is 16.1 Å². The number of nitriles is 1. The zero-order valence-electron chi connectivity index (χ0n) is 9.56. The van der Waals surface area contributed by atoms with Crippen LogP contribution in [0, 0.1) is 11.3 Å². The van der Waals surface area contributed by atoms with Gasteiger partial charge in [-0.2, -0.15) is 5.26 Å². The predicted molar refractivity (Wildman–Crippen MR) is 70.6 cm³/mol. The van der Waals surface area contributed by atoms with Crippen LogP contribution in [0.3, 0.4) is 0 Å². The van der Waals surface area contributed by atoms with Gasteiger partial charge >= 0.3 is 0 Å². The quantitative estimate of drug-likeness (QED) is 0.786. The maximum Gasteiger partial charge on any atom is 0.193 e. The largest absolute Gasteiger partial charge is 0.289 e. The summed E-state index contributed by atoms with van der Waals surface area (Å²) in [5, 5.41) is 9.18. The third-order valence-electron chi connectivity index (χ3n) is 2.61. The van der Waals surface area contributed by atoms with E-state index in [0.29, 0.717) is 22.6 Å². The molecule has 0 amide bonds. The van der Waals surface area contributed by atoms with Crippen LogP contribution in [0.1, 0.15) is 21.5 Å². The average molecular weight is 256 g/mol. The molecule has 0 saturated heterocycles. The molecule has 2 rings (SSSR count). The molecule has 0 radical (unpaired) electrons. The molecule has 2 aromatic rings. The zero-order valence-corrected chi connectivity index (χ0v) is 10.3. The normalized spacial score (nSPS) is 9.78. The molecule has 0 bridgehead atoms. The molecule has 0 fully saturated rings. The lowest BCUT2D eigenvalue weighted by atomic mass is 10.0. The average Bonchev–Trinajstić information content (AvgIpc) is 2.40. The Bertz CT molecular complexity index is 594. The van der Waals surface area contributed by atoms with Crippen molar-refractivity contribution in [3.63, 3.8) is 0 Å². The van der Waals surface area contributed by atoms with E-state index in [1.54, 1.807) is 48.5 Å². The monoisotopic (exact) mass is 255 g/mol. The van der Waals surface area contributed by atoms with E-state index in [1.165, 1.54) is 0 Å². The van der Waals surface area contributed by atoms with Crippen molar-refractivity contribution in [2.45, 2.75) is 6.42 Å². The summed E-state index contributed by atoms with van der Waals surface area (Å²) in [5.74, 6) is -0.0461. The number of hydrogen-bond donors (Lipinski definition) is 0. The molecule has 18 heavy (non-hydrogen) atoms. The summed E-state index contributed by atoms with van der Waals surface area (Å²) in [6, 6.07) is 15.9. The molecule has 0 aromatic heterocycles. The molecule has 0 heterocycles. The van der Waals surface area contributed by atoms with E-state index >= 15 is 0 Å². The SMILES string of the molecule is N#CCc1ccc(C(=O)c2ccc(Cl)cc2)cc1. The minimum atomic E-state index is -0.0461. The van der Waals surface area contributed by atoms with Crippen molar-refractivity contribution < 1.29 is 4.79 Å². The molecule has 0 atom stereocenters. The van der Waals surface area contributed by atoms with E-state index in [4.69, 9.17) is 16.9 Å². The number of hydrogen-bond acceptors (Lipinski definition) is 2. The van der Waals surface area contributed by atoms with Gasteiger partial charge in [0.05, 0.1) is 12.5 Å². The van der Waals surface area contributed by atoms with Crippen LogP contribution in [0.25, 0.3) is 0 Å². The van der Waals surface area contributed by atoms with Gasteiger partial charge in [-0.3, -0.25) is 4.79 Å². The molecule has 0 aliphatic heterocycles. The Morgan fingerprint density at radius 3 is 2.00 bits per heavy atom. The van der Waals surface area contributed by atoms with Crippen molar-refractivity contribution in [1.29, 1.82) is 5.26 Å². The first-order chi connectivity index (χ1) is 8.70. The maximum atomic E-state index is 12.1. The van der Waals surface area contributed by atoms with Crippen LogP contribution in [0.15, 0.2) is 48.5 Å². The predicted octanol–water partition coefficient (Wildman–Crippen LogP) is 3.64. The fraction of sp³-hybridized carbons (Fsp3) is 0.0667. The molecule has 88 valence electrons. The molecule has 0 N–H and O–H groups in total. The standard InChI is InChI=1S/C15H10ClNO/c16-14-7-5-13(6-8-14)15(18)12-3-1-11(2-4-12)9-10-17/h1-8H,9H2. The van der Waals surface area contributed by atoms with E-state index in [2.05, 4.69) is 6.07 Å². The summed E-state index contributed by atoms with van der Waals surface area (Å²) >= 11 is 5.78. The van der Waals surface area contributed by atoms with Crippen molar-refractivity contribution in [2.24, 2.45) is 0 Å². The lowest BCUT2D eigenvalue weighted by Crippen LogP contribution is -2.00. The molecule has 0 aliphatic rings. The van der Waals surface area contributed by atoms with Gasteiger partial charge in [0.1, 0.15) is 0 Å². The topological polar surface area (TPSA) is 40.9 Å². The molecule has 3 heteroatoms. The van der Waals surface area contributed by atoms with E-state index in [0.717, 1.165) is 5.56 Å². The first kappa shape index (κ1) is 12.3. The van der Waals surface area contributed by atoms with Crippen LogP contribution in [-0.2, 0) is 6.42 Å². The number of rotatable bonds is 3. The zero-order chi connectivity index (χ0) is 13.0. The van der Waals surface area contributed by atoms with E-state index in [9.17, 15) is 4.79 Å². The molecular weight excluding hydrogens is 246 g/mol. The van der Waals surface area contributed by atoms with Crippen LogP contribution in [0.2, 0.25) is 5.02 Å². The molecule has 2 nitrogen and oxygen atoms in total. The Balaban J connectivity index is 2.24. The van der Waals surface area contributed by atoms with Crippen molar-refractivity contribution in [1.82, 2.24) is 0 Å². The lowest BCUT2D eigenvalue weighted by Gasteiger charge is -2.02. The number of nitrogens with zero attached hydrogens (tertiary/aromatic N) is 1. The van der Waals surface area contributed by atoms with Gasteiger partial charge in [-0.25, -0.2) is 0 Å². The second kappa shape index (κ2) is 5.48. The number of benzene rings is 2. The minimum absolute atomic E-state index is 0.0461. The fourth-order valence-corrected chi connectivity index (χ4v) is 1.76. The highest BCUT2D eigenvalue weighted by molar-refractivity contribution is 6.30. The second-order valence-corrected chi connectivity index (χ2v) is 4.30. The van der Waals surface area contributed by atoms with Gasteiger partial charge in [-0.05, 0) is 29.8 Å². The summed E-state index contributed by atoms with van der Waals surface area (Å²) < 4.78 is 0. The van der Waals surface area contributed by atoms with Crippen molar-refractivity contribution in [2.75, 3.05) is 0 Å². The highest BCUT2D eigenvalue weighted by Gasteiger charge is 2.08. The number of carbonyl (C=O) groups excluding carboxylic acids is 1. The van der Waals surface area contributed by atoms with E-state index < -0.39 is 0 Å². The molecule has 0 saturated carbocycles. The summed E-state index contributed by atoms with van der Waals surface area (Å²) in [4.78, 5) is 12.1. The summed E-state index contributed by atoms with van der Waals surface area (Å²) in [6.45, 7) is 0. The van der Waals surface area contributed by atoms with Gasteiger partial charge in [-0.1, -0.05) is 35.9 Å². The number of carbonyl (C=O) groups is 1. The van der Waals surface area contributed by atoms with E-state index in [-0.39, 0.29) is 5.78 Å². The van der Waals surface area contributed by atoms with Gasteiger partial charge in [0.15, 0.2) is 5.78 Å². The summed E-state index contributed by atoms with van der Waals surface area (Å²) in [7, 11) is 0. The molecule has 0 aliphatic carbocycles. The Morgan fingerprint density at radius 2 is 1.50 bits per heavy atom. The van der Waals surface area contributed by atoms with Crippen molar-refractivity contribution in [3.05, 3.63) is 70.2 Å². The molecule has 0 spiro atoms. The Hall–Kier alpha value is -2.11. The van der Waals surface area contributed by atoms with Crippen LogP contribution in [-0.4, -0.2) is 5.78 Å². The first-order valence-corrected chi connectivity index (χ1v) is 5.84. The highest BCUT2D eigenvalue weighted by Crippen LogP contribution is 2.14. The van der Waals surface area contributed by atoms with Crippen LogP contribution in [0.4, 0.5) is 0 Å². The number of ketones is 1. The molecule has 2 aromatic carbocycles. The Kier molecular flexibility index (Phi) is 3.76. The third kappa shape index (κ3) is 2.77. The Labute approximate surface area is 110 Å². The van der Waals surface area contributed by atoms with Crippen LogP contribution in [0.5, 0.6) is 0 Å². The highest BCUT2D eigenvalue weighted by atomic mass is 35.5. The molecule has 0 unspecified atom stereocenters.